The third-order valence-electron chi connectivity index (χ3n) is 10.2. The van der Waals surface area contributed by atoms with Gasteiger partial charge in [0.1, 0.15) is 24.4 Å². The first-order valence-corrected chi connectivity index (χ1v) is 21.7. The lowest BCUT2D eigenvalue weighted by Crippen LogP contribution is -2.60. The Morgan fingerprint density at radius 1 is 0.623 bits per heavy atom. The largest absolute Gasteiger partial charge is 0.394 e. The molecule has 2 unspecified atom stereocenters. The van der Waals surface area contributed by atoms with Gasteiger partial charge in [0.25, 0.3) is 0 Å². The molecule has 1 aliphatic rings. The normalized spacial score (nSPS) is 22.0. The second-order valence-corrected chi connectivity index (χ2v) is 15.1. The molecule has 53 heavy (non-hydrogen) atoms. The van der Waals surface area contributed by atoms with Gasteiger partial charge in [-0.3, -0.25) is 4.79 Å². The fourth-order valence-electron chi connectivity index (χ4n) is 6.62. The highest BCUT2D eigenvalue weighted by Gasteiger charge is 2.44. The molecule has 6 N–H and O–H groups in total. The molecule has 1 heterocycles. The van der Waals surface area contributed by atoms with Crippen LogP contribution in [0.25, 0.3) is 0 Å². The van der Waals surface area contributed by atoms with Crippen LogP contribution in [-0.2, 0) is 14.3 Å². The molecule has 7 atom stereocenters. The van der Waals surface area contributed by atoms with E-state index in [4.69, 9.17) is 9.47 Å². The van der Waals surface area contributed by atoms with Crippen LogP contribution in [0.15, 0.2) is 36.5 Å². The minimum absolute atomic E-state index is 0.187. The number of hydrogen-bond acceptors (Lipinski definition) is 8. The highest BCUT2D eigenvalue weighted by atomic mass is 16.7. The third-order valence-corrected chi connectivity index (χ3v) is 10.2. The number of aliphatic hydroxyl groups excluding tert-OH is 5. The van der Waals surface area contributed by atoms with Gasteiger partial charge in [-0.15, -0.1) is 0 Å². The van der Waals surface area contributed by atoms with Crippen LogP contribution in [-0.4, -0.2) is 87.5 Å². The Balaban J connectivity index is 2.39. The predicted octanol–water partition coefficient (Wildman–Crippen LogP) is 8.50. The van der Waals surface area contributed by atoms with E-state index in [1.165, 1.54) is 109 Å². The van der Waals surface area contributed by atoms with Gasteiger partial charge < -0.3 is 40.3 Å². The summed E-state index contributed by atoms with van der Waals surface area (Å²) in [7, 11) is 0. The minimum Gasteiger partial charge on any atom is -0.394 e. The van der Waals surface area contributed by atoms with Gasteiger partial charge in [-0.1, -0.05) is 147 Å². The summed E-state index contributed by atoms with van der Waals surface area (Å²) in [6, 6.07) is -0.808. The molecular weight excluding hydrogens is 670 g/mol. The predicted molar refractivity (Wildman–Crippen MR) is 216 cm³/mol. The first-order chi connectivity index (χ1) is 25.8. The van der Waals surface area contributed by atoms with E-state index in [1.54, 1.807) is 6.08 Å². The molecule has 0 aromatic rings. The maximum Gasteiger partial charge on any atom is 0.220 e. The number of carbonyl (C=O) groups excluding carboxylic acids is 1. The molecule has 9 nitrogen and oxygen atoms in total. The molecule has 1 saturated heterocycles. The van der Waals surface area contributed by atoms with Crippen LogP contribution in [0.1, 0.15) is 181 Å². The Hall–Kier alpha value is -1.59. The van der Waals surface area contributed by atoms with Crippen LogP contribution >= 0.6 is 0 Å². The molecule has 0 saturated carbocycles. The lowest BCUT2D eigenvalue weighted by Gasteiger charge is -2.40. The Kier molecular flexibility index (Phi) is 32.5. The van der Waals surface area contributed by atoms with Crippen molar-refractivity contribution in [1.82, 2.24) is 5.32 Å². The van der Waals surface area contributed by atoms with Crippen LogP contribution in [0.5, 0.6) is 0 Å². The molecule has 0 radical (unpaired) electrons. The molecule has 1 aliphatic heterocycles. The van der Waals surface area contributed by atoms with E-state index in [2.05, 4.69) is 43.5 Å². The van der Waals surface area contributed by atoms with Crippen LogP contribution in [0.3, 0.4) is 0 Å². The third kappa shape index (κ3) is 26.0. The van der Waals surface area contributed by atoms with E-state index in [9.17, 15) is 30.3 Å². The van der Waals surface area contributed by atoms with Crippen molar-refractivity contribution in [1.29, 1.82) is 0 Å². The second kappa shape index (κ2) is 34.9. The van der Waals surface area contributed by atoms with E-state index in [0.29, 0.717) is 6.42 Å². The Bertz CT molecular complexity index is 925. The van der Waals surface area contributed by atoms with Gasteiger partial charge in [-0.05, 0) is 64.2 Å². The van der Waals surface area contributed by atoms with Crippen LogP contribution in [0.4, 0.5) is 0 Å². The van der Waals surface area contributed by atoms with Gasteiger partial charge in [0, 0.05) is 6.42 Å². The average Bonchev–Trinajstić information content (AvgIpc) is 3.16. The van der Waals surface area contributed by atoms with Crippen LogP contribution in [0, 0.1) is 0 Å². The van der Waals surface area contributed by atoms with Crippen molar-refractivity contribution < 1.29 is 39.8 Å². The summed E-state index contributed by atoms with van der Waals surface area (Å²) >= 11 is 0. The molecule has 0 bridgehead atoms. The number of aliphatic hydroxyl groups is 5. The van der Waals surface area contributed by atoms with Crippen molar-refractivity contribution in [3.63, 3.8) is 0 Å². The molecular formula is C44H81NO8. The van der Waals surface area contributed by atoms with E-state index in [1.807, 2.05) is 6.08 Å². The summed E-state index contributed by atoms with van der Waals surface area (Å²) in [6.07, 6.45) is 34.7. The number of amides is 1. The highest BCUT2D eigenvalue weighted by molar-refractivity contribution is 5.76. The van der Waals surface area contributed by atoms with Gasteiger partial charge in [0.2, 0.25) is 5.91 Å². The maximum atomic E-state index is 12.9. The Morgan fingerprint density at radius 3 is 1.60 bits per heavy atom. The summed E-state index contributed by atoms with van der Waals surface area (Å²) < 4.78 is 11.2. The van der Waals surface area contributed by atoms with Crippen molar-refractivity contribution in [3.8, 4) is 0 Å². The number of carbonyl (C=O) groups is 1. The number of ether oxygens (including phenoxy) is 2. The smallest absolute Gasteiger partial charge is 0.220 e. The van der Waals surface area contributed by atoms with Crippen molar-refractivity contribution >= 4 is 5.91 Å². The molecule has 0 aliphatic carbocycles. The fourth-order valence-corrected chi connectivity index (χ4v) is 6.62. The standard InChI is InChI=1S/C44H81NO8/c1-3-5-7-9-11-13-15-17-18-19-20-22-24-26-28-30-32-34-40(48)45-37(36-52-44-43(51)42(50)41(49)39(35-46)53-44)38(47)33-31-29-27-25-23-21-16-14-12-10-8-6-4-2/h8,10,17-18,31,33,37-39,41-44,46-47,49-51H,3-7,9,11-16,19-30,32,34-36H2,1-2H3,(H,45,48)/b10-8+,18-17+,33-31+/t37-,38+,39-,41-,42?,43?,44-/m0/s1. The molecule has 1 fully saturated rings. The number of nitrogens with one attached hydrogen (secondary N) is 1. The van der Waals surface area contributed by atoms with Crippen LogP contribution in [0.2, 0.25) is 0 Å². The van der Waals surface area contributed by atoms with E-state index >= 15 is 0 Å². The summed E-state index contributed by atoms with van der Waals surface area (Å²) in [5, 5.41) is 54.1. The zero-order chi connectivity index (χ0) is 38.8. The number of hydrogen-bond donors (Lipinski definition) is 6. The molecule has 1 rings (SSSR count). The minimum atomic E-state index is -1.57. The Labute approximate surface area is 323 Å². The van der Waals surface area contributed by atoms with E-state index in [-0.39, 0.29) is 12.5 Å². The first-order valence-electron chi connectivity index (χ1n) is 21.7. The zero-order valence-corrected chi connectivity index (χ0v) is 33.8. The van der Waals surface area contributed by atoms with Gasteiger partial charge in [0.15, 0.2) is 6.29 Å². The van der Waals surface area contributed by atoms with Crippen LogP contribution < -0.4 is 5.32 Å². The summed E-state index contributed by atoms with van der Waals surface area (Å²) in [5.41, 5.74) is 0. The lowest BCUT2D eigenvalue weighted by molar-refractivity contribution is -0.302. The molecule has 1 amide bonds. The zero-order valence-electron chi connectivity index (χ0n) is 33.8. The molecule has 9 heteroatoms. The summed E-state index contributed by atoms with van der Waals surface area (Å²) in [6.45, 7) is 3.69. The number of allylic oxidation sites excluding steroid dienone is 5. The molecule has 0 aromatic heterocycles. The molecule has 310 valence electrons. The van der Waals surface area contributed by atoms with E-state index in [0.717, 1.165) is 51.4 Å². The van der Waals surface area contributed by atoms with Gasteiger partial charge in [-0.2, -0.15) is 0 Å². The molecule has 0 aromatic carbocycles. The van der Waals surface area contributed by atoms with Crippen molar-refractivity contribution in [2.45, 2.75) is 224 Å². The van der Waals surface area contributed by atoms with Crippen molar-refractivity contribution in [2.24, 2.45) is 0 Å². The van der Waals surface area contributed by atoms with Gasteiger partial charge in [0.05, 0.1) is 25.4 Å². The number of rotatable bonds is 35. The summed E-state index contributed by atoms with van der Waals surface area (Å²) in [5.74, 6) is -0.187. The second-order valence-electron chi connectivity index (χ2n) is 15.1. The summed E-state index contributed by atoms with van der Waals surface area (Å²) in [4.78, 5) is 12.9. The Morgan fingerprint density at radius 2 is 1.09 bits per heavy atom. The quantitative estimate of drug-likeness (QED) is 0.0279. The lowest BCUT2D eigenvalue weighted by atomic mass is 9.99. The topological polar surface area (TPSA) is 149 Å². The van der Waals surface area contributed by atoms with E-state index < -0.39 is 49.5 Å². The number of unbranched alkanes of at least 4 members (excludes halogenated alkanes) is 21. The monoisotopic (exact) mass is 752 g/mol. The van der Waals surface area contributed by atoms with Gasteiger partial charge >= 0.3 is 0 Å². The van der Waals surface area contributed by atoms with Crippen molar-refractivity contribution in [3.05, 3.63) is 36.5 Å². The van der Waals surface area contributed by atoms with Gasteiger partial charge in [-0.25, -0.2) is 0 Å². The van der Waals surface area contributed by atoms with Crippen molar-refractivity contribution in [2.75, 3.05) is 13.2 Å². The molecule has 0 spiro atoms. The SMILES string of the molecule is CCC/C=C/CCCCCCCC/C=C/[C@@H](O)[C@H](CO[C@H]1O[C@@H](CO)[C@H](O)C(O)C1O)NC(=O)CCCCCCCCC/C=C/CCCCCCCC. The average molecular weight is 752 g/mol. The fraction of sp³-hybridized carbons (Fsp3) is 0.841. The maximum absolute atomic E-state index is 12.9. The highest BCUT2D eigenvalue weighted by Crippen LogP contribution is 2.22. The first kappa shape index (κ1) is 49.4.